The summed E-state index contributed by atoms with van der Waals surface area (Å²) >= 11 is 12.8. The summed E-state index contributed by atoms with van der Waals surface area (Å²) in [6.45, 7) is 5.81. The molecule has 0 saturated carbocycles. The van der Waals surface area contributed by atoms with Crippen LogP contribution in [0.3, 0.4) is 0 Å². The first kappa shape index (κ1) is 28.9. The summed E-state index contributed by atoms with van der Waals surface area (Å²) in [4.78, 5) is 31.7. The summed E-state index contributed by atoms with van der Waals surface area (Å²) < 4.78 is 5.77. The van der Waals surface area contributed by atoms with Crippen molar-refractivity contribution < 1.29 is 14.4 Å². The van der Waals surface area contributed by atoms with Crippen molar-refractivity contribution in [2.24, 2.45) is 0 Å². The second kappa shape index (κ2) is 12.5. The fraction of sp³-hybridized carbons (Fsp3) is 0.345. The molecule has 12 heteroatoms. The molecule has 10 nitrogen and oxygen atoms in total. The summed E-state index contributed by atoms with van der Waals surface area (Å²) in [7, 11) is 5.77. The van der Waals surface area contributed by atoms with E-state index in [0.717, 1.165) is 37.2 Å². The number of ether oxygens (including phenoxy) is 1. The molecule has 41 heavy (non-hydrogen) atoms. The Bertz CT molecular complexity index is 1440. The first-order valence-electron chi connectivity index (χ1n) is 13.3. The second-order valence-corrected chi connectivity index (χ2v) is 10.9. The van der Waals surface area contributed by atoms with Crippen LogP contribution in [0, 0.1) is 0 Å². The molecule has 2 N–H and O–H groups in total. The average molecular weight is 599 g/mol. The zero-order chi connectivity index (χ0) is 29.1. The van der Waals surface area contributed by atoms with Gasteiger partial charge >= 0.3 is 0 Å². The normalized spacial score (nSPS) is 18.6. The third-order valence-electron chi connectivity index (χ3n) is 7.38. The number of carbonyl (C=O) groups excluding carboxylic acids is 1. The zero-order valence-corrected chi connectivity index (χ0v) is 24.7. The highest BCUT2D eigenvalue weighted by atomic mass is 35.5. The number of hydroxylamine groups is 1. The van der Waals surface area contributed by atoms with Crippen molar-refractivity contribution in [2.45, 2.75) is 24.9 Å². The lowest BCUT2D eigenvalue weighted by atomic mass is 10.0. The standard InChI is InChI=1S/C29H33Cl2N7O3/c1-5-28(39)35-21-13-22(25(40-4)14-24(21)37-11-9-18(16-37)36(2)3)34-26-15-27(33-17-32-26)38-23(10-12-41-38)19-7-6-8-20(30)29(19)31/h5-8,13-15,17-18,23H,1,9-12,16H2,2-4H3,(H,35,39)(H,32,33,34). The van der Waals surface area contributed by atoms with Crippen LogP contribution >= 0.6 is 23.2 Å². The highest BCUT2D eigenvalue weighted by Gasteiger charge is 2.31. The number of rotatable bonds is 9. The summed E-state index contributed by atoms with van der Waals surface area (Å²) in [5.74, 6) is 1.38. The van der Waals surface area contributed by atoms with Gasteiger partial charge in [-0.3, -0.25) is 9.63 Å². The Morgan fingerprint density at radius 2 is 2.02 bits per heavy atom. The number of nitrogens with zero attached hydrogens (tertiary/aromatic N) is 5. The van der Waals surface area contributed by atoms with Crippen molar-refractivity contribution in [2.75, 3.05) is 61.5 Å². The van der Waals surface area contributed by atoms with Crippen molar-refractivity contribution in [3.8, 4) is 5.75 Å². The van der Waals surface area contributed by atoms with Crippen LogP contribution < -0.4 is 25.3 Å². The largest absolute Gasteiger partial charge is 0.494 e. The van der Waals surface area contributed by atoms with Crippen LogP contribution in [0.25, 0.3) is 0 Å². The van der Waals surface area contributed by atoms with Crippen LogP contribution in [0.15, 0.2) is 55.4 Å². The fourth-order valence-electron chi connectivity index (χ4n) is 5.19. The quantitative estimate of drug-likeness (QED) is 0.302. The van der Waals surface area contributed by atoms with Crippen molar-refractivity contribution in [3.05, 3.63) is 71.0 Å². The third kappa shape index (κ3) is 6.20. The molecule has 2 fully saturated rings. The molecule has 3 aromatic rings. The van der Waals surface area contributed by atoms with Crippen molar-refractivity contribution in [1.29, 1.82) is 0 Å². The molecule has 0 spiro atoms. The molecule has 0 aliphatic carbocycles. The maximum Gasteiger partial charge on any atom is 0.247 e. The average Bonchev–Trinajstić information content (AvgIpc) is 3.66. The second-order valence-electron chi connectivity index (χ2n) is 10.1. The Morgan fingerprint density at radius 3 is 2.76 bits per heavy atom. The van der Waals surface area contributed by atoms with Gasteiger partial charge in [0.15, 0.2) is 5.82 Å². The first-order valence-corrected chi connectivity index (χ1v) is 14.1. The van der Waals surface area contributed by atoms with Gasteiger partial charge in [0.1, 0.15) is 17.9 Å². The Labute approximate surface area is 249 Å². The van der Waals surface area contributed by atoms with Crippen molar-refractivity contribution >= 4 is 57.8 Å². The molecule has 2 aromatic carbocycles. The Hall–Kier alpha value is -3.57. The highest BCUT2D eigenvalue weighted by molar-refractivity contribution is 6.42. The Balaban J connectivity index is 1.45. The monoisotopic (exact) mass is 597 g/mol. The molecule has 0 radical (unpaired) electrons. The molecular formula is C29H33Cl2N7O3. The van der Waals surface area contributed by atoms with Crippen LogP contribution in [0.5, 0.6) is 5.75 Å². The third-order valence-corrected chi connectivity index (χ3v) is 8.22. The van der Waals surface area contributed by atoms with E-state index in [1.165, 1.54) is 12.4 Å². The van der Waals surface area contributed by atoms with Gasteiger partial charge in [-0.2, -0.15) is 0 Å². The van der Waals surface area contributed by atoms with Crippen LogP contribution in [-0.4, -0.2) is 67.7 Å². The predicted molar refractivity (Wildman–Crippen MR) is 164 cm³/mol. The maximum absolute atomic E-state index is 12.4. The zero-order valence-electron chi connectivity index (χ0n) is 23.2. The van der Waals surface area contributed by atoms with Gasteiger partial charge in [0.05, 0.1) is 46.9 Å². The van der Waals surface area contributed by atoms with E-state index in [0.29, 0.717) is 51.5 Å². The van der Waals surface area contributed by atoms with Gasteiger partial charge in [-0.1, -0.05) is 41.9 Å². The SMILES string of the molecule is C=CC(=O)Nc1cc(Nc2cc(N3OCCC3c3cccc(Cl)c3Cl)ncn2)c(OC)cc1N1CCC(N(C)C)C1. The van der Waals surface area contributed by atoms with Crippen LogP contribution in [-0.2, 0) is 9.63 Å². The summed E-state index contributed by atoms with van der Waals surface area (Å²) in [5, 5.41) is 9.00. The number of nitrogens with one attached hydrogen (secondary N) is 2. The number of anilines is 5. The maximum atomic E-state index is 12.4. The van der Waals surface area contributed by atoms with E-state index >= 15 is 0 Å². The van der Waals surface area contributed by atoms with E-state index in [1.54, 1.807) is 24.3 Å². The molecule has 2 unspecified atom stereocenters. The van der Waals surface area contributed by atoms with E-state index in [4.69, 9.17) is 32.8 Å². The number of carbonyl (C=O) groups is 1. The summed E-state index contributed by atoms with van der Waals surface area (Å²) in [6.07, 6.45) is 4.46. The lowest BCUT2D eigenvalue weighted by Crippen LogP contribution is -2.31. The molecule has 5 rings (SSSR count). The topological polar surface area (TPSA) is 95.1 Å². The van der Waals surface area contributed by atoms with E-state index < -0.39 is 0 Å². The van der Waals surface area contributed by atoms with Gasteiger partial charge in [-0.05, 0) is 44.3 Å². The van der Waals surface area contributed by atoms with Crippen LogP contribution in [0.2, 0.25) is 10.0 Å². The summed E-state index contributed by atoms with van der Waals surface area (Å²) in [5.41, 5.74) is 3.01. The minimum Gasteiger partial charge on any atom is -0.494 e. The molecule has 3 heterocycles. The molecule has 2 atom stereocenters. The predicted octanol–water partition coefficient (Wildman–Crippen LogP) is 5.68. The van der Waals surface area contributed by atoms with Gasteiger partial charge in [0.2, 0.25) is 5.91 Å². The minimum absolute atomic E-state index is 0.162. The van der Waals surface area contributed by atoms with E-state index in [1.807, 2.05) is 24.3 Å². The van der Waals surface area contributed by atoms with Gasteiger partial charge < -0.3 is 25.2 Å². The minimum atomic E-state index is -0.299. The van der Waals surface area contributed by atoms with Crippen LogP contribution in [0.1, 0.15) is 24.4 Å². The lowest BCUT2D eigenvalue weighted by Gasteiger charge is -2.26. The molecule has 2 saturated heterocycles. The number of halogens is 2. The van der Waals surface area contributed by atoms with Gasteiger partial charge in [-0.15, -0.1) is 0 Å². The summed E-state index contributed by atoms with van der Waals surface area (Å²) in [6, 6.07) is 11.4. The number of hydrogen-bond acceptors (Lipinski definition) is 9. The number of hydrogen-bond donors (Lipinski definition) is 2. The number of methoxy groups -OCH3 is 1. The smallest absolute Gasteiger partial charge is 0.247 e. The van der Waals surface area contributed by atoms with Crippen LogP contribution in [0.4, 0.5) is 28.7 Å². The molecule has 2 aliphatic rings. The molecule has 216 valence electrons. The lowest BCUT2D eigenvalue weighted by molar-refractivity contribution is -0.111. The Morgan fingerprint density at radius 1 is 1.20 bits per heavy atom. The number of benzene rings is 2. The van der Waals surface area contributed by atoms with Crippen molar-refractivity contribution in [1.82, 2.24) is 14.9 Å². The molecule has 0 bridgehead atoms. The molecule has 1 amide bonds. The number of likely N-dealkylation sites (N-methyl/N-ethyl adjacent to an activating group) is 1. The molecule has 2 aliphatic heterocycles. The van der Waals surface area contributed by atoms with Gasteiger partial charge in [0, 0.05) is 37.7 Å². The van der Waals surface area contributed by atoms with E-state index in [-0.39, 0.29) is 11.9 Å². The van der Waals surface area contributed by atoms with Crippen molar-refractivity contribution in [3.63, 3.8) is 0 Å². The van der Waals surface area contributed by atoms with E-state index in [2.05, 4.69) is 51.1 Å². The van der Waals surface area contributed by atoms with Gasteiger partial charge in [-0.25, -0.2) is 15.0 Å². The van der Waals surface area contributed by atoms with Gasteiger partial charge in [0.25, 0.3) is 0 Å². The molecular weight excluding hydrogens is 565 g/mol. The Kier molecular flexibility index (Phi) is 8.84. The number of aromatic nitrogens is 2. The van der Waals surface area contributed by atoms with E-state index in [9.17, 15) is 4.79 Å². The first-order chi connectivity index (χ1) is 19.8. The fourth-order valence-corrected chi connectivity index (χ4v) is 5.63. The molecule has 1 aromatic heterocycles. The number of amides is 1. The highest BCUT2D eigenvalue weighted by Crippen LogP contribution is 2.42.